The van der Waals surface area contributed by atoms with E-state index in [4.69, 9.17) is 4.74 Å². The average molecular weight is 261 g/mol. The van der Waals surface area contributed by atoms with Crippen molar-refractivity contribution in [2.45, 2.75) is 13.3 Å². The number of benzene rings is 1. The molecule has 0 atom stereocenters. The molecule has 0 unspecified atom stereocenters. The molecule has 0 bridgehead atoms. The van der Waals surface area contributed by atoms with E-state index in [-0.39, 0.29) is 18.8 Å². The maximum atomic E-state index is 11.8. The lowest BCUT2D eigenvalue weighted by molar-refractivity contribution is -0.138. The Morgan fingerprint density at radius 2 is 1.79 bits per heavy atom. The molecule has 19 heavy (non-hydrogen) atoms. The van der Waals surface area contributed by atoms with Crippen LogP contribution >= 0.6 is 0 Å². The zero-order chi connectivity index (χ0) is 14.4. The molecule has 4 nitrogen and oxygen atoms in total. The predicted molar refractivity (Wildman–Crippen MR) is 75.5 cm³/mol. The summed E-state index contributed by atoms with van der Waals surface area (Å²) >= 11 is 0. The zero-order valence-electron chi connectivity index (χ0n) is 11.6. The summed E-state index contributed by atoms with van der Waals surface area (Å²) in [6.45, 7) is 5.13. The van der Waals surface area contributed by atoms with Crippen LogP contribution in [-0.4, -0.2) is 32.5 Å². The Bertz CT molecular complexity index is 475. The van der Waals surface area contributed by atoms with Gasteiger partial charge in [-0.15, -0.1) is 0 Å². The van der Waals surface area contributed by atoms with Gasteiger partial charge in [-0.2, -0.15) is 0 Å². The second-order valence-electron chi connectivity index (χ2n) is 4.53. The molecule has 0 aliphatic rings. The molecular formula is C15H19NO3. The van der Waals surface area contributed by atoms with Crippen LogP contribution in [0, 0.1) is 0 Å². The van der Waals surface area contributed by atoms with Gasteiger partial charge in [0.25, 0.3) is 0 Å². The standard InChI is InChI=1S/C15H19NO3/c1-11(2)15(18)19-10-9-14(17)12-5-7-13(8-6-12)16(3)4/h5-8H,1,9-10H2,2-4H3. The van der Waals surface area contributed by atoms with Gasteiger partial charge < -0.3 is 9.64 Å². The van der Waals surface area contributed by atoms with E-state index in [1.54, 1.807) is 19.1 Å². The number of carbonyl (C=O) groups excluding carboxylic acids is 2. The van der Waals surface area contributed by atoms with E-state index < -0.39 is 5.97 Å². The number of Topliss-reactive ketones (excluding diaryl/α,β-unsaturated/α-hetero) is 1. The Balaban J connectivity index is 2.50. The summed E-state index contributed by atoms with van der Waals surface area (Å²) in [5.41, 5.74) is 1.99. The Kier molecular flexibility index (Phi) is 5.30. The molecule has 0 aliphatic carbocycles. The van der Waals surface area contributed by atoms with Crippen LogP contribution in [0.1, 0.15) is 23.7 Å². The van der Waals surface area contributed by atoms with E-state index in [0.717, 1.165) is 5.69 Å². The van der Waals surface area contributed by atoms with Crippen molar-refractivity contribution in [2.75, 3.05) is 25.6 Å². The monoisotopic (exact) mass is 261 g/mol. The molecule has 0 amide bonds. The Labute approximate surface area is 113 Å². The summed E-state index contributed by atoms with van der Waals surface area (Å²) in [6.07, 6.45) is 0.181. The molecule has 0 aromatic heterocycles. The number of ether oxygens (including phenoxy) is 1. The van der Waals surface area contributed by atoms with E-state index in [0.29, 0.717) is 11.1 Å². The number of ketones is 1. The maximum absolute atomic E-state index is 11.8. The minimum absolute atomic E-state index is 0.0418. The number of esters is 1. The number of nitrogens with zero attached hydrogens (tertiary/aromatic N) is 1. The van der Waals surface area contributed by atoms with Crippen molar-refractivity contribution < 1.29 is 14.3 Å². The van der Waals surface area contributed by atoms with Crippen LogP contribution in [0.25, 0.3) is 0 Å². The first-order valence-corrected chi connectivity index (χ1v) is 6.05. The highest BCUT2D eigenvalue weighted by molar-refractivity contribution is 5.96. The van der Waals surface area contributed by atoms with Gasteiger partial charge in [0.1, 0.15) is 0 Å². The van der Waals surface area contributed by atoms with Crippen LogP contribution in [0.4, 0.5) is 5.69 Å². The van der Waals surface area contributed by atoms with Gasteiger partial charge in [0, 0.05) is 37.3 Å². The van der Waals surface area contributed by atoms with Gasteiger partial charge in [-0.05, 0) is 31.2 Å². The van der Waals surface area contributed by atoms with Crippen molar-refractivity contribution in [3.8, 4) is 0 Å². The molecule has 0 aliphatic heterocycles. The fraction of sp³-hybridized carbons (Fsp3) is 0.333. The number of hydrogen-bond donors (Lipinski definition) is 0. The van der Waals surface area contributed by atoms with Crippen molar-refractivity contribution in [1.82, 2.24) is 0 Å². The van der Waals surface area contributed by atoms with Crippen LogP contribution in [0.2, 0.25) is 0 Å². The van der Waals surface area contributed by atoms with Gasteiger partial charge in [0.2, 0.25) is 0 Å². The number of rotatable bonds is 6. The lowest BCUT2D eigenvalue weighted by Gasteiger charge is -2.12. The second kappa shape index (κ2) is 6.73. The molecule has 0 heterocycles. The summed E-state index contributed by atoms with van der Waals surface area (Å²) in [4.78, 5) is 25.0. The lowest BCUT2D eigenvalue weighted by Crippen LogP contribution is -2.11. The lowest BCUT2D eigenvalue weighted by atomic mass is 10.1. The molecule has 102 valence electrons. The van der Waals surface area contributed by atoms with Gasteiger partial charge in [0.05, 0.1) is 6.61 Å². The predicted octanol–water partition coefficient (Wildman–Crippen LogP) is 2.44. The van der Waals surface area contributed by atoms with Gasteiger partial charge >= 0.3 is 5.97 Å². The third-order valence-electron chi connectivity index (χ3n) is 2.62. The Hall–Kier alpha value is -2.10. The summed E-state index contributed by atoms with van der Waals surface area (Å²) < 4.78 is 4.89. The highest BCUT2D eigenvalue weighted by Crippen LogP contribution is 2.13. The molecule has 1 aromatic carbocycles. The molecule has 0 saturated carbocycles. The number of anilines is 1. The summed E-state index contributed by atoms with van der Waals surface area (Å²) in [5.74, 6) is -0.504. The normalized spacial score (nSPS) is 9.84. The van der Waals surface area contributed by atoms with Crippen molar-refractivity contribution in [1.29, 1.82) is 0 Å². The highest BCUT2D eigenvalue weighted by atomic mass is 16.5. The van der Waals surface area contributed by atoms with Gasteiger partial charge in [0.15, 0.2) is 5.78 Å². The molecule has 1 rings (SSSR count). The van der Waals surface area contributed by atoms with Crippen LogP contribution in [0.3, 0.4) is 0 Å². The second-order valence-corrected chi connectivity index (χ2v) is 4.53. The number of hydrogen-bond acceptors (Lipinski definition) is 4. The van der Waals surface area contributed by atoms with Gasteiger partial charge in [-0.25, -0.2) is 4.79 Å². The average Bonchev–Trinajstić information content (AvgIpc) is 2.38. The first-order chi connectivity index (χ1) is 8.91. The van der Waals surface area contributed by atoms with Crippen LogP contribution in [0.5, 0.6) is 0 Å². The summed E-state index contributed by atoms with van der Waals surface area (Å²) in [7, 11) is 3.88. The minimum atomic E-state index is -0.462. The Morgan fingerprint density at radius 3 is 2.26 bits per heavy atom. The molecular weight excluding hydrogens is 242 g/mol. The molecule has 0 radical (unpaired) electrons. The first kappa shape index (κ1) is 15.0. The van der Waals surface area contributed by atoms with E-state index in [2.05, 4.69) is 6.58 Å². The fourth-order valence-corrected chi connectivity index (χ4v) is 1.45. The maximum Gasteiger partial charge on any atom is 0.333 e. The minimum Gasteiger partial charge on any atom is -0.462 e. The number of carbonyl (C=O) groups is 2. The van der Waals surface area contributed by atoms with E-state index in [1.807, 2.05) is 31.1 Å². The van der Waals surface area contributed by atoms with Crippen LogP contribution < -0.4 is 4.90 Å². The Morgan fingerprint density at radius 1 is 1.21 bits per heavy atom. The highest BCUT2D eigenvalue weighted by Gasteiger charge is 2.08. The largest absolute Gasteiger partial charge is 0.462 e. The first-order valence-electron chi connectivity index (χ1n) is 6.05. The van der Waals surface area contributed by atoms with Crippen LogP contribution in [0.15, 0.2) is 36.4 Å². The van der Waals surface area contributed by atoms with E-state index in [1.165, 1.54) is 0 Å². The quantitative estimate of drug-likeness (QED) is 0.448. The van der Waals surface area contributed by atoms with Gasteiger partial charge in [-0.1, -0.05) is 6.58 Å². The van der Waals surface area contributed by atoms with Crippen molar-refractivity contribution >= 4 is 17.4 Å². The molecule has 4 heteroatoms. The SMILES string of the molecule is C=C(C)C(=O)OCCC(=O)c1ccc(N(C)C)cc1. The topological polar surface area (TPSA) is 46.6 Å². The smallest absolute Gasteiger partial charge is 0.333 e. The van der Waals surface area contributed by atoms with E-state index >= 15 is 0 Å². The molecule has 0 N–H and O–H groups in total. The van der Waals surface area contributed by atoms with Crippen molar-refractivity contribution in [3.05, 3.63) is 42.0 Å². The molecule has 0 saturated heterocycles. The molecule has 0 spiro atoms. The van der Waals surface area contributed by atoms with Crippen molar-refractivity contribution in [3.63, 3.8) is 0 Å². The van der Waals surface area contributed by atoms with E-state index in [9.17, 15) is 9.59 Å². The summed E-state index contributed by atoms with van der Waals surface area (Å²) in [6, 6.07) is 7.32. The summed E-state index contributed by atoms with van der Waals surface area (Å²) in [5, 5.41) is 0. The molecule has 0 fully saturated rings. The zero-order valence-corrected chi connectivity index (χ0v) is 11.6. The fourth-order valence-electron chi connectivity index (χ4n) is 1.45. The van der Waals surface area contributed by atoms with Crippen LogP contribution in [-0.2, 0) is 9.53 Å². The molecule has 1 aromatic rings. The van der Waals surface area contributed by atoms with Crippen molar-refractivity contribution in [2.24, 2.45) is 0 Å². The van der Waals surface area contributed by atoms with Gasteiger partial charge in [-0.3, -0.25) is 4.79 Å². The third-order valence-corrected chi connectivity index (χ3v) is 2.62. The third kappa shape index (κ3) is 4.58.